The topological polar surface area (TPSA) is 132 Å². The Balaban J connectivity index is 1.18. The Kier molecular flexibility index (Phi) is 10.4. The van der Waals surface area contributed by atoms with Gasteiger partial charge in [-0.1, -0.05) is 83.4 Å². The van der Waals surface area contributed by atoms with Crippen LogP contribution in [0.1, 0.15) is 41.1 Å². The average Bonchev–Trinajstić information content (AvgIpc) is 3.64. The Bertz CT molecular complexity index is 2700. The molecule has 9 rings (SSSR count). The monoisotopic (exact) mass is 899 g/mol. The Morgan fingerprint density at radius 2 is 1.60 bits per heavy atom. The molecule has 322 valence electrons. The molecule has 63 heavy (non-hydrogen) atoms. The molecule has 2 saturated heterocycles. The summed E-state index contributed by atoms with van der Waals surface area (Å²) < 4.78 is 61.4. The molecule has 6 atom stereocenters. The molecular formula is C46H35Cl2F4N5O6. The number of imide groups is 2. The number of aromatic hydroxyl groups is 1. The predicted molar refractivity (Wildman–Crippen MR) is 222 cm³/mol. The summed E-state index contributed by atoms with van der Waals surface area (Å²) in [4.78, 5) is 63.2. The van der Waals surface area contributed by atoms with Crippen LogP contribution in [0.4, 0.5) is 29.1 Å². The van der Waals surface area contributed by atoms with Crippen LogP contribution < -0.4 is 15.2 Å². The number of phenols is 1. The fourth-order valence-electron chi connectivity index (χ4n) is 9.79. The van der Waals surface area contributed by atoms with Crippen molar-refractivity contribution in [2.45, 2.75) is 37.0 Å². The molecule has 1 aromatic heterocycles. The van der Waals surface area contributed by atoms with Crippen molar-refractivity contribution < 1.29 is 46.6 Å². The number of carbonyl (C=O) groups excluding carboxylic acids is 4. The molecule has 17 heteroatoms. The van der Waals surface area contributed by atoms with Gasteiger partial charge in [-0.3, -0.25) is 29.6 Å². The maximum atomic E-state index is 15.5. The maximum absolute atomic E-state index is 15.5. The van der Waals surface area contributed by atoms with Gasteiger partial charge in [0.15, 0.2) is 5.82 Å². The summed E-state index contributed by atoms with van der Waals surface area (Å²) in [6.07, 6.45) is -3.29. The molecule has 3 fully saturated rings. The van der Waals surface area contributed by atoms with E-state index in [4.69, 9.17) is 27.9 Å². The number of aromatic nitrogens is 1. The molecule has 0 spiro atoms. The molecular weight excluding hydrogens is 865 g/mol. The van der Waals surface area contributed by atoms with Gasteiger partial charge in [0.05, 0.1) is 33.9 Å². The lowest BCUT2D eigenvalue weighted by Crippen LogP contribution is -2.53. The van der Waals surface area contributed by atoms with Crippen LogP contribution in [0.15, 0.2) is 121 Å². The third kappa shape index (κ3) is 6.94. The minimum Gasteiger partial charge on any atom is -0.508 e. The van der Waals surface area contributed by atoms with Gasteiger partial charge in [-0.15, -0.1) is 0 Å². The van der Waals surface area contributed by atoms with Crippen LogP contribution in [0.5, 0.6) is 11.5 Å². The van der Waals surface area contributed by atoms with Crippen molar-refractivity contribution >= 4 is 58.3 Å². The Labute approximate surface area is 367 Å². The van der Waals surface area contributed by atoms with E-state index < -0.39 is 82.1 Å². The van der Waals surface area contributed by atoms with E-state index in [0.29, 0.717) is 28.0 Å². The first-order chi connectivity index (χ1) is 30.1. The first kappa shape index (κ1) is 41.9. The molecule has 4 aliphatic rings. The van der Waals surface area contributed by atoms with Gasteiger partial charge in [0, 0.05) is 29.6 Å². The fraction of sp³-hybridized carbons (Fsp3) is 0.239. The zero-order chi connectivity index (χ0) is 44.5. The van der Waals surface area contributed by atoms with E-state index in [9.17, 15) is 37.1 Å². The number of rotatable bonds is 9. The maximum Gasteiger partial charge on any atom is 0.433 e. The van der Waals surface area contributed by atoms with E-state index in [0.717, 1.165) is 38.8 Å². The molecule has 4 amide bonds. The van der Waals surface area contributed by atoms with E-state index in [-0.39, 0.29) is 41.5 Å². The van der Waals surface area contributed by atoms with Gasteiger partial charge in [-0.25, -0.2) is 9.37 Å². The van der Waals surface area contributed by atoms with Crippen molar-refractivity contribution in [2.75, 3.05) is 17.5 Å². The lowest BCUT2D eigenvalue weighted by Gasteiger charge is -2.50. The third-order valence-corrected chi connectivity index (χ3v) is 13.1. The van der Waals surface area contributed by atoms with Crippen molar-refractivity contribution in [3.05, 3.63) is 159 Å². The molecule has 0 unspecified atom stereocenters. The van der Waals surface area contributed by atoms with E-state index in [2.05, 4.69) is 10.4 Å². The summed E-state index contributed by atoms with van der Waals surface area (Å²) in [5, 5.41) is 14.6. The first-order valence-corrected chi connectivity index (χ1v) is 20.6. The lowest BCUT2D eigenvalue weighted by atomic mass is 9.49. The van der Waals surface area contributed by atoms with Gasteiger partial charge in [-0.2, -0.15) is 23.2 Å². The normalized spacial score (nSPS) is 24.2. The van der Waals surface area contributed by atoms with E-state index in [1.54, 1.807) is 42.5 Å². The highest BCUT2D eigenvalue weighted by molar-refractivity contribution is 6.33. The number of ether oxygens (including phenoxy) is 1. The van der Waals surface area contributed by atoms with Crippen LogP contribution in [0.3, 0.4) is 0 Å². The summed E-state index contributed by atoms with van der Waals surface area (Å²) in [6.45, 7) is 0.176. The number of nitrogens with zero attached hydrogens (tertiary/aromatic N) is 4. The number of nitrogens with one attached hydrogen (secondary N) is 1. The van der Waals surface area contributed by atoms with Gasteiger partial charge < -0.3 is 9.84 Å². The molecule has 3 heterocycles. The summed E-state index contributed by atoms with van der Waals surface area (Å²) in [7, 11) is 1.21. The molecule has 2 aliphatic carbocycles. The van der Waals surface area contributed by atoms with Crippen LogP contribution >= 0.6 is 23.2 Å². The largest absolute Gasteiger partial charge is 0.508 e. The Hall–Kier alpha value is -6.45. The number of alkyl halides is 3. The predicted octanol–water partition coefficient (Wildman–Crippen LogP) is 8.87. The highest BCUT2D eigenvalue weighted by atomic mass is 35.5. The number of hydrogen-bond acceptors (Lipinski definition) is 9. The van der Waals surface area contributed by atoms with Gasteiger partial charge in [-0.05, 0) is 84.5 Å². The number of hydrogen-bond donors (Lipinski definition) is 2. The number of amides is 4. The number of anilines is 2. The van der Waals surface area contributed by atoms with E-state index >= 15 is 4.79 Å². The van der Waals surface area contributed by atoms with E-state index in [1.807, 2.05) is 30.3 Å². The number of allylic oxidation sites excluding steroid dienone is 2. The smallest absolute Gasteiger partial charge is 0.433 e. The second kappa shape index (κ2) is 15.7. The summed E-state index contributed by atoms with van der Waals surface area (Å²) in [5.74, 6) is -9.41. The summed E-state index contributed by atoms with van der Waals surface area (Å²) in [6, 6.07) is 27.1. The molecule has 5 aromatic rings. The van der Waals surface area contributed by atoms with Crippen LogP contribution in [0.2, 0.25) is 10.0 Å². The standard InChI is InChI=1S/C46H35Cl2F4N5O6/c1-55(40-35(48)19-20-37(53-40)46(50,51)52)57-41(59)32-18-17-30-33(38(32)43(57)61)22-34-42(60)56(54-28-13-11-27(49)12-14-28)44(62)45(34,25-7-9-26(47)10-8-25)39(30)31-16-15-29(21-36(31)58)63-23-24-5-3-2-4-6-24/h2-17,19-21,32-34,38-39,54,58H,18,22-23H2,1H3/t32-,33+,34-,38-,39+,45+/m0/s1. The number of fused-ring (bicyclic) bond motifs is 4. The number of hydrazine groups is 2. The summed E-state index contributed by atoms with van der Waals surface area (Å²) in [5.41, 5.74) is 1.94. The zero-order valence-electron chi connectivity index (χ0n) is 33.0. The van der Waals surface area contributed by atoms with Crippen LogP contribution in [0, 0.1) is 29.5 Å². The molecule has 2 aliphatic heterocycles. The fourth-order valence-corrected chi connectivity index (χ4v) is 10.1. The average molecular weight is 901 g/mol. The quantitative estimate of drug-likeness (QED) is 0.0846. The van der Waals surface area contributed by atoms with Gasteiger partial charge in [0.2, 0.25) is 0 Å². The van der Waals surface area contributed by atoms with Gasteiger partial charge in [0.25, 0.3) is 23.6 Å². The van der Waals surface area contributed by atoms with Crippen LogP contribution in [-0.4, -0.2) is 50.8 Å². The van der Waals surface area contributed by atoms with Crippen molar-refractivity contribution in [3.8, 4) is 11.5 Å². The van der Waals surface area contributed by atoms with E-state index in [1.165, 1.54) is 25.2 Å². The van der Waals surface area contributed by atoms with Crippen LogP contribution in [0.25, 0.3) is 0 Å². The first-order valence-electron chi connectivity index (χ1n) is 19.8. The highest BCUT2D eigenvalue weighted by Gasteiger charge is 2.71. The molecule has 0 radical (unpaired) electrons. The number of phenolic OH excluding ortho intramolecular Hbond substituents is 1. The van der Waals surface area contributed by atoms with Crippen molar-refractivity contribution in [3.63, 3.8) is 0 Å². The molecule has 1 saturated carbocycles. The van der Waals surface area contributed by atoms with Crippen molar-refractivity contribution in [1.29, 1.82) is 0 Å². The molecule has 2 N–H and O–H groups in total. The van der Waals surface area contributed by atoms with Gasteiger partial charge in [0.1, 0.15) is 29.6 Å². The minimum absolute atomic E-state index is 0.0360. The molecule has 0 bridgehead atoms. The second-order valence-corrected chi connectivity index (χ2v) is 16.7. The number of carbonyl (C=O) groups is 4. The number of pyridine rings is 1. The number of halogens is 6. The third-order valence-electron chi connectivity index (χ3n) is 12.5. The Morgan fingerprint density at radius 1 is 0.889 bits per heavy atom. The Morgan fingerprint density at radius 3 is 2.29 bits per heavy atom. The second-order valence-electron chi connectivity index (χ2n) is 15.9. The van der Waals surface area contributed by atoms with Crippen molar-refractivity contribution in [1.82, 2.24) is 15.0 Å². The minimum atomic E-state index is -4.86. The molecule has 4 aromatic carbocycles. The van der Waals surface area contributed by atoms with Crippen molar-refractivity contribution in [2.24, 2.45) is 23.7 Å². The summed E-state index contributed by atoms with van der Waals surface area (Å²) >= 11 is 12.7. The lowest BCUT2D eigenvalue weighted by molar-refractivity contribution is -0.142. The number of benzene rings is 4. The highest BCUT2D eigenvalue weighted by Crippen LogP contribution is 2.65. The zero-order valence-corrected chi connectivity index (χ0v) is 34.5. The molecule has 11 nitrogen and oxygen atoms in total. The SMILES string of the molecule is CN(c1nc(C(F)(F)F)ccc1Cl)N1C(=O)[C@H]2[C@H](CC=C3[C@H]2C[C@H]2C(=O)N(Nc4ccc(F)cc4)C(=O)[C@@]2(c2ccc(Cl)cc2)[C@H]3c2ccc(OCc3ccccc3)cc2O)C1=O. The van der Waals surface area contributed by atoms with Gasteiger partial charge >= 0.3 is 6.18 Å². The van der Waals surface area contributed by atoms with Crippen LogP contribution in [-0.2, 0) is 37.4 Å².